The third-order valence-corrected chi connectivity index (χ3v) is 2.14. The van der Waals surface area contributed by atoms with Crippen molar-refractivity contribution in [1.29, 1.82) is 0 Å². The minimum absolute atomic E-state index is 0.277. The monoisotopic (exact) mass is 236 g/mol. The van der Waals surface area contributed by atoms with E-state index >= 15 is 0 Å². The highest BCUT2D eigenvalue weighted by Gasteiger charge is 2.11. The van der Waals surface area contributed by atoms with Gasteiger partial charge in [-0.15, -0.1) is 0 Å². The van der Waals surface area contributed by atoms with Crippen LogP contribution >= 0.6 is 27.5 Å². The second-order valence-electron chi connectivity index (χ2n) is 1.59. The van der Waals surface area contributed by atoms with Crippen molar-refractivity contribution in [3.8, 4) is 0 Å². The van der Waals surface area contributed by atoms with Crippen LogP contribution in [0.25, 0.3) is 0 Å². The lowest BCUT2D eigenvalue weighted by molar-refractivity contribution is 0.0526. The quantitative estimate of drug-likeness (QED) is 0.731. The van der Waals surface area contributed by atoms with Gasteiger partial charge in [-0.2, -0.15) is 4.37 Å². The molecule has 0 saturated heterocycles. The zero-order valence-electron chi connectivity index (χ0n) is 5.70. The van der Waals surface area contributed by atoms with Crippen LogP contribution in [-0.2, 0) is 4.74 Å². The summed E-state index contributed by atoms with van der Waals surface area (Å²) in [7, 11) is 0. The zero-order chi connectivity index (χ0) is 8.27. The molecule has 60 valence electrons. The number of hydrogen-bond donors (Lipinski definition) is 0. The molecule has 0 N–H and O–H groups in total. The molecule has 11 heavy (non-hydrogen) atoms. The zero-order valence-corrected chi connectivity index (χ0v) is 8.11. The Bertz CT molecular complexity index is 263. The van der Waals surface area contributed by atoms with E-state index in [2.05, 4.69) is 30.0 Å². The minimum atomic E-state index is -0.421. The summed E-state index contributed by atoms with van der Waals surface area (Å²) in [5, 5.41) is 0.277. The van der Waals surface area contributed by atoms with E-state index in [1.54, 1.807) is 6.92 Å². The molecule has 0 amide bonds. The fraction of sp³-hybridized carbons (Fsp3) is 0.400. The van der Waals surface area contributed by atoms with E-state index in [1.807, 2.05) is 0 Å². The molecule has 4 nitrogen and oxygen atoms in total. The molecule has 1 aromatic rings. The highest BCUT2D eigenvalue weighted by molar-refractivity contribution is 9.10. The molecule has 0 aliphatic carbocycles. The summed E-state index contributed by atoms with van der Waals surface area (Å²) in [4.78, 5) is 14.7. The molecule has 0 unspecified atom stereocenters. The average Bonchev–Trinajstić information content (AvgIpc) is 2.36. The fourth-order valence-electron chi connectivity index (χ4n) is 0.481. The molecular weight excluding hydrogens is 232 g/mol. The molecule has 6 heteroatoms. The summed E-state index contributed by atoms with van der Waals surface area (Å²) < 4.78 is 8.88. The molecule has 0 aliphatic heterocycles. The van der Waals surface area contributed by atoms with Gasteiger partial charge in [-0.05, 0) is 34.4 Å². The van der Waals surface area contributed by atoms with Crippen LogP contribution in [-0.4, -0.2) is 21.9 Å². The van der Waals surface area contributed by atoms with Gasteiger partial charge in [0.05, 0.1) is 6.61 Å². The van der Waals surface area contributed by atoms with Gasteiger partial charge < -0.3 is 4.74 Å². The first-order chi connectivity index (χ1) is 5.24. The van der Waals surface area contributed by atoms with E-state index in [0.29, 0.717) is 11.3 Å². The summed E-state index contributed by atoms with van der Waals surface area (Å²) >= 11 is 4.05. The molecule has 1 rings (SSSR count). The first-order valence-corrected chi connectivity index (χ1v) is 4.47. The van der Waals surface area contributed by atoms with Gasteiger partial charge in [0.25, 0.3) is 0 Å². The highest BCUT2D eigenvalue weighted by Crippen LogP contribution is 2.10. The Hall–Kier alpha value is -0.490. The molecule has 0 aliphatic rings. The maximum absolute atomic E-state index is 10.9. The lowest BCUT2D eigenvalue weighted by Crippen LogP contribution is -2.03. The largest absolute Gasteiger partial charge is 0.461 e. The van der Waals surface area contributed by atoms with Gasteiger partial charge in [-0.25, -0.2) is 9.78 Å². The van der Waals surface area contributed by atoms with E-state index in [9.17, 15) is 4.79 Å². The molecule has 0 radical (unpaired) electrons. The molecule has 0 atom stereocenters. The van der Waals surface area contributed by atoms with Crippen LogP contribution in [0.3, 0.4) is 0 Å². The fourth-order valence-corrected chi connectivity index (χ4v) is 1.46. The number of carbonyl (C=O) groups is 1. The van der Waals surface area contributed by atoms with Crippen molar-refractivity contribution in [3.63, 3.8) is 0 Å². The van der Waals surface area contributed by atoms with Crippen LogP contribution < -0.4 is 0 Å². The summed E-state index contributed by atoms with van der Waals surface area (Å²) in [5.74, 6) is -0.421. The van der Waals surface area contributed by atoms with Gasteiger partial charge in [0.15, 0.2) is 0 Å². The topological polar surface area (TPSA) is 52.1 Å². The van der Waals surface area contributed by atoms with Gasteiger partial charge >= 0.3 is 5.97 Å². The summed E-state index contributed by atoms with van der Waals surface area (Å²) in [6.07, 6.45) is 0. The van der Waals surface area contributed by atoms with E-state index in [0.717, 1.165) is 11.5 Å². The Morgan fingerprint density at radius 2 is 2.55 bits per heavy atom. The Morgan fingerprint density at radius 1 is 1.82 bits per heavy atom. The number of aromatic nitrogens is 2. The Kier molecular flexibility index (Phi) is 2.95. The van der Waals surface area contributed by atoms with E-state index in [1.165, 1.54) is 0 Å². The third-order valence-electron chi connectivity index (χ3n) is 0.851. The Morgan fingerprint density at radius 3 is 3.00 bits per heavy atom. The average molecular weight is 237 g/mol. The number of esters is 1. The van der Waals surface area contributed by atoms with Gasteiger partial charge in [0, 0.05) is 0 Å². The second kappa shape index (κ2) is 3.77. The van der Waals surface area contributed by atoms with Crippen LogP contribution in [0.15, 0.2) is 4.73 Å². The molecule has 1 aromatic heterocycles. The number of hydrogen-bond acceptors (Lipinski definition) is 5. The van der Waals surface area contributed by atoms with E-state index < -0.39 is 5.97 Å². The maximum atomic E-state index is 10.9. The normalized spacial score (nSPS) is 9.64. The molecule has 0 saturated carbocycles. The number of rotatable bonds is 2. The van der Waals surface area contributed by atoms with Gasteiger partial charge in [-0.1, -0.05) is 0 Å². The van der Waals surface area contributed by atoms with Crippen molar-refractivity contribution in [2.24, 2.45) is 0 Å². The molecular formula is C5H5BrN2O2S. The van der Waals surface area contributed by atoms with Crippen molar-refractivity contribution in [1.82, 2.24) is 9.36 Å². The van der Waals surface area contributed by atoms with Gasteiger partial charge in [-0.3, -0.25) is 0 Å². The molecule has 0 aromatic carbocycles. The van der Waals surface area contributed by atoms with Crippen molar-refractivity contribution in [2.45, 2.75) is 6.92 Å². The molecule has 1 heterocycles. The summed E-state index contributed by atoms with van der Waals surface area (Å²) in [6, 6.07) is 0. The van der Waals surface area contributed by atoms with Gasteiger partial charge in [0.2, 0.25) is 9.74 Å². The lowest BCUT2D eigenvalue weighted by atomic mass is 10.7. The van der Waals surface area contributed by atoms with Crippen molar-refractivity contribution < 1.29 is 9.53 Å². The number of halogens is 1. The van der Waals surface area contributed by atoms with Crippen molar-refractivity contribution in [2.75, 3.05) is 6.61 Å². The number of ether oxygens (including phenoxy) is 1. The Labute approximate surface area is 75.9 Å². The van der Waals surface area contributed by atoms with Gasteiger partial charge in [0.1, 0.15) is 0 Å². The van der Waals surface area contributed by atoms with Crippen LogP contribution in [0.2, 0.25) is 0 Å². The van der Waals surface area contributed by atoms with Crippen LogP contribution in [0.1, 0.15) is 16.7 Å². The van der Waals surface area contributed by atoms with Crippen LogP contribution in [0.4, 0.5) is 0 Å². The first kappa shape index (κ1) is 8.61. The lowest BCUT2D eigenvalue weighted by Gasteiger charge is -1.93. The Balaban J connectivity index is 2.69. The summed E-state index contributed by atoms with van der Waals surface area (Å²) in [5.41, 5.74) is 0. The van der Waals surface area contributed by atoms with Crippen LogP contribution in [0.5, 0.6) is 0 Å². The smallest absolute Gasteiger partial charge is 0.369 e. The maximum Gasteiger partial charge on any atom is 0.369 e. The highest BCUT2D eigenvalue weighted by atomic mass is 79.9. The first-order valence-electron chi connectivity index (χ1n) is 2.90. The SMILES string of the molecule is CCOC(=O)c1nc(Br)ns1. The van der Waals surface area contributed by atoms with Crippen molar-refractivity contribution in [3.05, 3.63) is 9.74 Å². The standard InChI is InChI=1S/C5H5BrN2O2S/c1-2-10-4(9)3-7-5(6)8-11-3/h2H2,1H3. The predicted molar refractivity (Wildman–Crippen MR) is 43.6 cm³/mol. The van der Waals surface area contributed by atoms with Crippen molar-refractivity contribution >= 4 is 33.4 Å². The molecule has 0 fully saturated rings. The predicted octanol–water partition coefficient (Wildman–Crippen LogP) is 1.48. The minimum Gasteiger partial charge on any atom is -0.461 e. The van der Waals surface area contributed by atoms with Crippen LogP contribution in [0, 0.1) is 0 Å². The van der Waals surface area contributed by atoms with E-state index in [-0.39, 0.29) is 5.01 Å². The summed E-state index contributed by atoms with van der Waals surface area (Å²) in [6.45, 7) is 2.10. The van der Waals surface area contributed by atoms with E-state index in [4.69, 9.17) is 0 Å². The molecule has 0 bridgehead atoms. The molecule has 0 spiro atoms. The second-order valence-corrected chi connectivity index (χ2v) is 3.05. The number of carbonyl (C=O) groups excluding carboxylic acids is 1. The third kappa shape index (κ3) is 2.23. The number of nitrogens with zero attached hydrogens (tertiary/aromatic N) is 2.